The third-order valence-corrected chi connectivity index (χ3v) is 4.50. The first kappa shape index (κ1) is 17.9. The summed E-state index contributed by atoms with van der Waals surface area (Å²) in [5.41, 5.74) is 6.63. The molecule has 6 heteroatoms. The molecule has 26 heavy (non-hydrogen) atoms. The lowest BCUT2D eigenvalue weighted by atomic mass is 9.92. The molecular formula is C20H23N3O3. The van der Waals surface area contributed by atoms with Gasteiger partial charge in [0.2, 0.25) is 5.91 Å². The molecule has 136 valence electrons. The minimum atomic E-state index is -1.09. The predicted octanol–water partition coefficient (Wildman–Crippen LogP) is 1.79. The van der Waals surface area contributed by atoms with Gasteiger partial charge in [0.25, 0.3) is 5.91 Å². The Morgan fingerprint density at radius 1 is 1.19 bits per heavy atom. The van der Waals surface area contributed by atoms with E-state index in [9.17, 15) is 9.59 Å². The van der Waals surface area contributed by atoms with E-state index in [4.69, 9.17) is 10.5 Å². The molecule has 0 aliphatic carbocycles. The Labute approximate surface area is 152 Å². The van der Waals surface area contributed by atoms with Crippen molar-refractivity contribution in [2.75, 3.05) is 24.6 Å². The number of fused-ring (bicyclic) bond motifs is 1. The van der Waals surface area contributed by atoms with Gasteiger partial charge in [-0.3, -0.25) is 9.59 Å². The number of carbonyl (C=O) groups is 2. The third kappa shape index (κ3) is 3.70. The van der Waals surface area contributed by atoms with Crippen molar-refractivity contribution in [3.8, 4) is 5.75 Å². The van der Waals surface area contributed by atoms with Crippen molar-refractivity contribution < 1.29 is 14.3 Å². The van der Waals surface area contributed by atoms with Crippen LogP contribution in [0.3, 0.4) is 0 Å². The Hall–Kier alpha value is -2.86. The fraction of sp³-hybridized carbons (Fsp3) is 0.300. The number of para-hydroxylation sites is 2. The minimum Gasteiger partial charge on any atom is -0.482 e. The molecule has 1 atom stereocenters. The number of nitrogens with one attached hydrogen (secondary N) is 1. The molecule has 1 aliphatic heterocycles. The normalized spacial score (nSPS) is 15.6. The Morgan fingerprint density at radius 3 is 2.65 bits per heavy atom. The van der Waals surface area contributed by atoms with Crippen molar-refractivity contribution >= 4 is 17.5 Å². The van der Waals surface area contributed by atoms with Crippen molar-refractivity contribution in [3.05, 3.63) is 60.2 Å². The zero-order valence-corrected chi connectivity index (χ0v) is 14.8. The second-order valence-corrected chi connectivity index (χ2v) is 6.48. The van der Waals surface area contributed by atoms with Gasteiger partial charge in [0, 0.05) is 13.1 Å². The van der Waals surface area contributed by atoms with Gasteiger partial charge >= 0.3 is 0 Å². The van der Waals surface area contributed by atoms with Crippen molar-refractivity contribution in [2.24, 2.45) is 5.73 Å². The van der Waals surface area contributed by atoms with Crippen LogP contribution in [0.4, 0.5) is 5.69 Å². The number of ether oxygens (including phenoxy) is 1. The van der Waals surface area contributed by atoms with Gasteiger partial charge in [0.05, 0.1) is 5.69 Å². The van der Waals surface area contributed by atoms with E-state index in [0.717, 1.165) is 11.3 Å². The molecule has 2 aromatic carbocycles. The Morgan fingerprint density at radius 2 is 1.88 bits per heavy atom. The smallest absolute Gasteiger partial charge is 0.265 e. The third-order valence-electron chi connectivity index (χ3n) is 4.50. The number of hydrogen-bond acceptors (Lipinski definition) is 4. The molecule has 0 saturated heterocycles. The van der Waals surface area contributed by atoms with Crippen LogP contribution in [-0.4, -0.2) is 31.5 Å². The van der Waals surface area contributed by atoms with Gasteiger partial charge in [-0.15, -0.1) is 0 Å². The van der Waals surface area contributed by atoms with E-state index in [1.165, 1.54) is 0 Å². The highest BCUT2D eigenvalue weighted by Gasteiger charge is 2.30. The molecule has 2 aromatic rings. The fourth-order valence-electron chi connectivity index (χ4n) is 2.94. The van der Waals surface area contributed by atoms with Crippen LogP contribution in [-0.2, 0) is 15.1 Å². The van der Waals surface area contributed by atoms with Crippen LogP contribution in [0.25, 0.3) is 0 Å². The molecule has 0 saturated carbocycles. The SMILES string of the molecule is CC(N)(C(=O)NCCCN1C(=O)COc2ccccc21)c1ccccc1. The van der Waals surface area contributed by atoms with Crippen LogP contribution in [0.15, 0.2) is 54.6 Å². The van der Waals surface area contributed by atoms with Gasteiger partial charge in [-0.1, -0.05) is 42.5 Å². The highest BCUT2D eigenvalue weighted by Crippen LogP contribution is 2.31. The van der Waals surface area contributed by atoms with Crippen LogP contribution >= 0.6 is 0 Å². The molecule has 3 N–H and O–H groups in total. The summed E-state index contributed by atoms with van der Waals surface area (Å²) in [5.74, 6) is 0.384. The summed E-state index contributed by atoms with van der Waals surface area (Å²) in [6, 6.07) is 16.7. The predicted molar refractivity (Wildman–Crippen MR) is 99.9 cm³/mol. The van der Waals surface area contributed by atoms with E-state index in [1.54, 1.807) is 11.8 Å². The van der Waals surface area contributed by atoms with E-state index >= 15 is 0 Å². The molecular weight excluding hydrogens is 330 g/mol. The summed E-state index contributed by atoms with van der Waals surface area (Å²) in [5, 5.41) is 2.87. The Bertz CT molecular complexity index is 790. The zero-order chi connectivity index (χ0) is 18.6. The molecule has 0 aromatic heterocycles. The molecule has 1 heterocycles. The molecule has 0 radical (unpaired) electrons. The number of carbonyl (C=O) groups excluding carboxylic acids is 2. The van der Waals surface area contributed by atoms with Gasteiger partial charge in [-0.05, 0) is 31.0 Å². The monoisotopic (exact) mass is 353 g/mol. The first-order valence-electron chi connectivity index (χ1n) is 8.65. The summed E-state index contributed by atoms with van der Waals surface area (Å²) >= 11 is 0. The lowest BCUT2D eigenvalue weighted by Crippen LogP contribution is -2.49. The van der Waals surface area contributed by atoms with Gasteiger partial charge in [0.1, 0.15) is 11.3 Å². The van der Waals surface area contributed by atoms with E-state index in [0.29, 0.717) is 25.3 Å². The summed E-state index contributed by atoms with van der Waals surface area (Å²) in [6.07, 6.45) is 0.622. The van der Waals surface area contributed by atoms with E-state index < -0.39 is 5.54 Å². The average Bonchev–Trinajstić information content (AvgIpc) is 2.67. The van der Waals surface area contributed by atoms with Gasteiger partial charge in [0.15, 0.2) is 6.61 Å². The molecule has 6 nitrogen and oxygen atoms in total. The minimum absolute atomic E-state index is 0.0399. The molecule has 1 unspecified atom stereocenters. The first-order valence-corrected chi connectivity index (χ1v) is 8.65. The highest BCUT2D eigenvalue weighted by atomic mass is 16.5. The van der Waals surface area contributed by atoms with E-state index in [-0.39, 0.29) is 18.4 Å². The molecule has 1 aliphatic rings. The summed E-state index contributed by atoms with van der Waals surface area (Å²) < 4.78 is 5.43. The quantitative estimate of drug-likeness (QED) is 0.776. The lowest BCUT2D eigenvalue weighted by Gasteiger charge is -2.29. The molecule has 0 spiro atoms. The number of anilines is 1. The average molecular weight is 353 g/mol. The van der Waals surface area contributed by atoms with Crippen molar-refractivity contribution in [1.82, 2.24) is 5.32 Å². The van der Waals surface area contributed by atoms with Crippen LogP contribution in [0.1, 0.15) is 18.9 Å². The van der Waals surface area contributed by atoms with Gasteiger partial charge in [-0.25, -0.2) is 0 Å². The number of benzene rings is 2. The molecule has 0 fully saturated rings. The highest BCUT2D eigenvalue weighted by molar-refractivity contribution is 5.97. The summed E-state index contributed by atoms with van der Waals surface area (Å²) in [7, 11) is 0. The maximum Gasteiger partial charge on any atom is 0.265 e. The Kier molecular flexibility index (Phi) is 5.23. The standard InChI is InChI=1S/C20H23N3O3/c1-20(21,15-8-3-2-4-9-15)19(25)22-12-7-13-23-16-10-5-6-11-17(16)26-14-18(23)24/h2-6,8-11H,7,12-14,21H2,1H3,(H,22,25). The van der Waals surface area contributed by atoms with Crippen molar-refractivity contribution in [1.29, 1.82) is 0 Å². The van der Waals surface area contributed by atoms with Gasteiger partial charge < -0.3 is 20.7 Å². The molecule has 0 bridgehead atoms. The summed E-state index contributed by atoms with van der Waals surface area (Å²) in [4.78, 5) is 26.3. The van der Waals surface area contributed by atoms with E-state index in [2.05, 4.69) is 5.32 Å². The number of hydrogen-bond donors (Lipinski definition) is 2. The summed E-state index contributed by atoms with van der Waals surface area (Å²) in [6.45, 7) is 2.68. The maximum atomic E-state index is 12.4. The van der Waals surface area contributed by atoms with Crippen LogP contribution < -0.4 is 20.7 Å². The van der Waals surface area contributed by atoms with Crippen LogP contribution in [0.2, 0.25) is 0 Å². The van der Waals surface area contributed by atoms with Gasteiger partial charge in [-0.2, -0.15) is 0 Å². The molecule has 2 amide bonds. The number of amides is 2. The van der Waals surface area contributed by atoms with Crippen molar-refractivity contribution in [3.63, 3.8) is 0 Å². The second kappa shape index (κ2) is 7.58. The first-order chi connectivity index (χ1) is 12.5. The zero-order valence-electron chi connectivity index (χ0n) is 14.8. The fourth-order valence-corrected chi connectivity index (χ4v) is 2.94. The molecule has 3 rings (SSSR count). The Balaban J connectivity index is 1.54. The number of nitrogens with two attached hydrogens (primary N) is 1. The van der Waals surface area contributed by atoms with Crippen LogP contribution in [0.5, 0.6) is 5.75 Å². The lowest BCUT2D eigenvalue weighted by molar-refractivity contribution is -0.126. The van der Waals surface area contributed by atoms with E-state index in [1.807, 2.05) is 54.6 Å². The second-order valence-electron chi connectivity index (χ2n) is 6.48. The maximum absolute atomic E-state index is 12.4. The number of rotatable bonds is 6. The van der Waals surface area contributed by atoms with Crippen LogP contribution in [0, 0.1) is 0 Å². The number of nitrogens with zero attached hydrogens (tertiary/aromatic N) is 1. The topological polar surface area (TPSA) is 84.7 Å². The largest absolute Gasteiger partial charge is 0.482 e. The van der Waals surface area contributed by atoms with Crippen molar-refractivity contribution in [2.45, 2.75) is 18.9 Å².